The number of ether oxygens (including phenoxy) is 1. The Kier molecular flexibility index (Phi) is 7.72. The SMILES string of the molecule is CC(C)(C)CC/C(C(=O)O)=C(/CCCN1CCOCC1)C(=O)O. The van der Waals surface area contributed by atoms with E-state index >= 15 is 0 Å². The van der Waals surface area contributed by atoms with Crippen LogP contribution >= 0.6 is 0 Å². The van der Waals surface area contributed by atoms with Gasteiger partial charge in [0.05, 0.1) is 13.2 Å². The number of carboxylic acid groups (broad SMARTS) is 2. The van der Waals surface area contributed by atoms with E-state index < -0.39 is 11.9 Å². The second kappa shape index (κ2) is 9.03. The molecule has 2 N–H and O–H groups in total. The first-order valence-electron chi connectivity index (χ1n) is 8.19. The van der Waals surface area contributed by atoms with Gasteiger partial charge in [0.25, 0.3) is 0 Å². The zero-order valence-corrected chi connectivity index (χ0v) is 14.4. The van der Waals surface area contributed by atoms with Gasteiger partial charge >= 0.3 is 11.9 Å². The maximum Gasteiger partial charge on any atom is 0.332 e. The molecule has 6 nitrogen and oxygen atoms in total. The Balaban J connectivity index is 2.69. The fourth-order valence-corrected chi connectivity index (χ4v) is 2.58. The Morgan fingerprint density at radius 1 is 1.00 bits per heavy atom. The molecule has 1 aliphatic heterocycles. The molecule has 0 aromatic heterocycles. The molecule has 0 aromatic carbocycles. The molecule has 0 unspecified atom stereocenters. The van der Waals surface area contributed by atoms with Crippen LogP contribution in [0, 0.1) is 5.41 Å². The van der Waals surface area contributed by atoms with Gasteiger partial charge in [-0.15, -0.1) is 0 Å². The molecule has 0 bridgehead atoms. The second-order valence-electron chi connectivity index (χ2n) is 7.19. The van der Waals surface area contributed by atoms with Gasteiger partial charge in [-0.05, 0) is 37.6 Å². The summed E-state index contributed by atoms with van der Waals surface area (Å²) < 4.78 is 5.28. The van der Waals surface area contributed by atoms with E-state index in [4.69, 9.17) is 4.74 Å². The number of morpholine rings is 1. The third-order valence-corrected chi connectivity index (χ3v) is 4.01. The van der Waals surface area contributed by atoms with E-state index in [1.54, 1.807) is 0 Å². The third kappa shape index (κ3) is 7.61. The lowest BCUT2D eigenvalue weighted by molar-refractivity contribution is -0.136. The summed E-state index contributed by atoms with van der Waals surface area (Å²) in [5.41, 5.74) is 0.0717. The van der Waals surface area contributed by atoms with Crippen molar-refractivity contribution in [1.82, 2.24) is 4.90 Å². The van der Waals surface area contributed by atoms with Gasteiger partial charge in [0.15, 0.2) is 0 Å². The highest BCUT2D eigenvalue weighted by Gasteiger charge is 2.22. The van der Waals surface area contributed by atoms with Gasteiger partial charge in [-0.1, -0.05) is 20.8 Å². The average molecular weight is 327 g/mol. The summed E-state index contributed by atoms with van der Waals surface area (Å²) in [7, 11) is 0. The molecule has 0 saturated carbocycles. The van der Waals surface area contributed by atoms with Gasteiger partial charge in [-0.25, -0.2) is 9.59 Å². The van der Waals surface area contributed by atoms with Crippen molar-refractivity contribution in [2.45, 2.75) is 46.5 Å². The van der Waals surface area contributed by atoms with Crippen molar-refractivity contribution >= 4 is 11.9 Å². The first kappa shape index (κ1) is 19.6. The van der Waals surface area contributed by atoms with E-state index in [1.807, 2.05) is 20.8 Å². The molecule has 1 heterocycles. The van der Waals surface area contributed by atoms with E-state index in [0.29, 0.717) is 32.5 Å². The molecule has 0 aliphatic carbocycles. The monoisotopic (exact) mass is 327 g/mol. The van der Waals surface area contributed by atoms with Crippen LogP contribution in [-0.2, 0) is 14.3 Å². The lowest BCUT2D eigenvalue weighted by atomic mass is 9.87. The van der Waals surface area contributed by atoms with Crippen LogP contribution in [0.5, 0.6) is 0 Å². The average Bonchev–Trinajstić information content (AvgIpc) is 2.45. The molecule has 1 saturated heterocycles. The molecule has 0 aromatic rings. The number of carboxylic acids is 2. The molecule has 1 rings (SSSR count). The Hall–Kier alpha value is -1.40. The fraction of sp³-hybridized carbons (Fsp3) is 0.765. The number of carbonyl (C=O) groups is 2. The molecular weight excluding hydrogens is 298 g/mol. The van der Waals surface area contributed by atoms with Crippen LogP contribution in [-0.4, -0.2) is 59.9 Å². The van der Waals surface area contributed by atoms with Crippen LogP contribution in [0.1, 0.15) is 46.5 Å². The maximum absolute atomic E-state index is 11.5. The third-order valence-electron chi connectivity index (χ3n) is 4.01. The van der Waals surface area contributed by atoms with Gasteiger partial charge in [0.1, 0.15) is 0 Å². The van der Waals surface area contributed by atoms with Crippen LogP contribution in [0.3, 0.4) is 0 Å². The topological polar surface area (TPSA) is 87.1 Å². The van der Waals surface area contributed by atoms with Crippen molar-refractivity contribution in [2.24, 2.45) is 5.41 Å². The molecule has 0 amide bonds. The quantitative estimate of drug-likeness (QED) is 0.666. The van der Waals surface area contributed by atoms with E-state index in [1.165, 1.54) is 0 Å². The minimum atomic E-state index is -1.11. The summed E-state index contributed by atoms with van der Waals surface area (Å²) >= 11 is 0. The number of hydrogen-bond acceptors (Lipinski definition) is 4. The van der Waals surface area contributed by atoms with Gasteiger partial charge in [-0.2, -0.15) is 0 Å². The molecular formula is C17H29NO5. The Bertz CT molecular complexity index is 444. The molecule has 0 spiro atoms. The molecule has 1 fully saturated rings. The van der Waals surface area contributed by atoms with E-state index in [-0.39, 0.29) is 23.0 Å². The molecule has 0 atom stereocenters. The molecule has 6 heteroatoms. The predicted molar refractivity (Wildman–Crippen MR) is 87.5 cm³/mol. The van der Waals surface area contributed by atoms with Crippen molar-refractivity contribution in [3.8, 4) is 0 Å². The van der Waals surface area contributed by atoms with Gasteiger partial charge in [0.2, 0.25) is 0 Å². The smallest absolute Gasteiger partial charge is 0.332 e. The van der Waals surface area contributed by atoms with Crippen LogP contribution in [0.25, 0.3) is 0 Å². The highest BCUT2D eigenvalue weighted by atomic mass is 16.5. The van der Waals surface area contributed by atoms with E-state index in [2.05, 4.69) is 4.90 Å². The van der Waals surface area contributed by atoms with Gasteiger partial charge < -0.3 is 14.9 Å². The van der Waals surface area contributed by atoms with Gasteiger partial charge in [-0.3, -0.25) is 4.90 Å². The van der Waals surface area contributed by atoms with E-state index in [9.17, 15) is 19.8 Å². The number of hydrogen-bond donors (Lipinski definition) is 2. The van der Waals surface area contributed by atoms with Gasteiger partial charge in [0, 0.05) is 24.2 Å². The minimum Gasteiger partial charge on any atom is -0.478 e. The molecule has 0 radical (unpaired) electrons. The predicted octanol–water partition coefficient (Wildman–Crippen LogP) is 2.39. The van der Waals surface area contributed by atoms with Crippen molar-refractivity contribution in [3.05, 3.63) is 11.1 Å². The lowest BCUT2D eigenvalue weighted by Gasteiger charge is -2.26. The zero-order valence-electron chi connectivity index (χ0n) is 14.4. The van der Waals surface area contributed by atoms with E-state index in [0.717, 1.165) is 19.6 Å². The minimum absolute atomic E-state index is 0.0296. The van der Waals surface area contributed by atoms with Crippen LogP contribution < -0.4 is 0 Å². The Morgan fingerprint density at radius 2 is 1.52 bits per heavy atom. The lowest BCUT2D eigenvalue weighted by Crippen LogP contribution is -2.36. The van der Waals surface area contributed by atoms with Crippen molar-refractivity contribution in [2.75, 3.05) is 32.8 Å². The standard InChI is InChI=1S/C17H29NO5/c1-17(2,3)7-6-14(16(21)22)13(15(19)20)5-4-8-18-9-11-23-12-10-18/h4-12H2,1-3H3,(H,19,20)(H,21,22)/b14-13+. The maximum atomic E-state index is 11.5. The molecule has 132 valence electrons. The fourth-order valence-electron chi connectivity index (χ4n) is 2.58. The Morgan fingerprint density at radius 3 is 2.00 bits per heavy atom. The highest BCUT2D eigenvalue weighted by Crippen LogP contribution is 2.26. The summed E-state index contributed by atoms with van der Waals surface area (Å²) in [5.74, 6) is -2.23. The van der Waals surface area contributed by atoms with Crippen molar-refractivity contribution in [3.63, 3.8) is 0 Å². The summed E-state index contributed by atoms with van der Waals surface area (Å²) in [6, 6.07) is 0. The highest BCUT2D eigenvalue weighted by molar-refractivity contribution is 5.98. The van der Waals surface area contributed by atoms with Crippen molar-refractivity contribution in [1.29, 1.82) is 0 Å². The normalized spacial score (nSPS) is 17.7. The second-order valence-corrected chi connectivity index (χ2v) is 7.19. The number of rotatable bonds is 8. The summed E-state index contributed by atoms with van der Waals surface area (Å²) in [6.45, 7) is 9.93. The molecule has 23 heavy (non-hydrogen) atoms. The molecule has 1 aliphatic rings. The summed E-state index contributed by atoms with van der Waals surface area (Å²) in [6.07, 6.45) is 1.87. The van der Waals surface area contributed by atoms with Crippen LogP contribution in [0.2, 0.25) is 0 Å². The summed E-state index contributed by atoms with van der Waals surface area (Å²) in [4.78, 5) is 25.2. The largest absolute Gasteiger partial charge is 0.478 e. The number of aliphatic carboxylic acids is 2. The first-order chi connectivity index (χ1) is 10.7. The zero-order chi connectivity index (χ0) is 17.5. The Labute approximate surface area is 138 Å². The summed E-state index contributed by atoms with van der Waals surface area (Å²) in [5, 5.41) is 18.8. The first-order valence-corrected chi connectivity index (χ1v) is 8.19. The van der Waals surface area contributed by atoms with Crippen molar-refractivity contribution < 1.29 is 24.5 Å². The van der Waals surface area contributed by atoms with Crippen LogP contribution in [0.15, 0.2) is 11.1 Å². The van der Waals surface area contributed by atoms with Crippen LogP contribution in [0.4, 0.5) is 0 Å². The number of nitrogens with zero attached hydrogens (tertiary/aromatic N) is 1.